The number of carbonyl (C=O) groups excluding carboxylic acids is 3. The molecule has 0 rings (SSSR count). The minimum atomic E-state index is -0.497. The van der Waals surface area contributed by atoms with Crippen molar-refractivity contribution in [3.05, 3.63) is 0 Å². The molecule has 0 fully saturated rings. The van der Waals surface area contributed by atoms with E-state index in [0.717, 1.165) is 0 Å². The minimum Gasteiger partial charge on any atom is -0.466 e. The van der Waals surface area contributed by atoms with Crippen LogP contribution in [0.4, 0.5) is 0 Å². The Hall–Kier alpha value is -1.59. The van der Waals surface area contributed by atoms with Gasteiger partial charge in [-0.15, -0.1) is 0 Å². The highest BCUT2D eigenvalue weighted by atomic mass is 16.5. The first kappa shape index (κ1) is 19.4. The van der Waals surface area contributed by atoms with Crippen LogP contribution in [0.5, 0.6) is 0 Å². The van der Waals surface area contributed by atoms with Crippen molar-refractivity contribution in [3.8, 4) is 0 Å². The van der Waals surface area contributed by atoms with Gasteiger partial charge in [0.25, 0.3) is 0 Å². The van der Waals surface area contributed by atoms with E-state index in [1.165, 1.54) is 6.92 Å². The zero-order valence-electron chi connectivity index (χ0n) is 13.8. The summed E-state index contributed by atoms with van der Waals surface area (Å²) in [6.07, 6.45) is 0.847. The monoisotopic (exact) mass is 300 g/mol. The lowest BCUT2D eigenvalue weighted by Crippen LogP contribution is -2.42. The molecule has 1 N–H and O–H groups in total. The molecule has 0 aliphatic carbocycles. The normalized spacial score (nSPS) is 10.9. The zero-order valence-corrected chi connectivity index (χ0v) is 13.8. The lowest BCUT2D eigenvalue weighted by molar-refractivity contribution is -0.145. The van der Waals surface area contributed by atoms with E-state index in [0.29, 0.717) is 32.7 Å². The summed E-state index contributed by atoms with van der Waals surface area (Å²) in [6, 6.07) is 0. The van der Waals surface area contributed by atoms with Crippen molar-refractivity contribution in [2.75, 3.05) is 26.2 Å². The van der Waals surface area contributed by atoms with E-state index in [1.54, 1.807) is 11.8 Å². The molecule has 0 aromatic carbocycles. The van der Waals surface area contributed by atoms with Gasteiger partial charge in [-0.3, -0.25) is 14.4 Å². The van der Waals surface area contributed by atoms with E-state index >= 15 is 0 Å². The van der Waals surface area contributed by atoms with Gasteiger partial charge in [0.05, 0.1) is 13.0 Å². The highest BCUT2D eigenvalue weighted by Crippen LogP contribution is 2.17. The summed E-state index contributed by atoms with van der Waals surface area (Å²) in [5, 5.41) is 2.70. The summed E-state index contributed by atoms with van der Waals surface area (Å²) in [7, 11) is 0. The number of carbonyl (C=O) groups is 3. The zero-order chi connectivity index (χ0) is 16.5. The molecule has 6 nitrogen and oxygen atoms in total. The molecule has 0 heterocycles. The van der Waals surface area contributed by atoms with Crippen molar-refractivity contribution in [1.29, 1.82) is 0 Å². The van der Waals surface area contributed by atoms with Crippen molar-refractivity contribution in [2.45, 2.75) is 47.5 Å². The summed E-state index contributed by atoms with van der Waals surface area (Å²) in [4.78, 5) is 36.3. The highest BCUT2D eigenvalue weighted by Gasteiger charge is 2.27. The molecule has 0 radical (unpaired) electrons. The van der Waals surface area contributed by atoms with E-state index in [9.17, 15) is 14.4 Å². The van der Waals surface area contributed by atoms with E-state index in [4.69, 9.17) is 4.74 Å². The molecular formula is C15H28N2O4. The molecule has 0 spiro atoms. The second kappa shape index (κ2) is 9.37. The molecule has 0 atom stereocenters. The summed E-state index contributed by atoms with van der Waals surface area (Å²) >= 11 is 0. The highest BCUT2D eigenvalue weighted by molar-refractivity contribution is 5.82. The Kier molecular flexibility index (Phi) is 8.66. The van der Waals surface area contributed by atoms with Crippen LogP contribution in [0.1, 0.15) is 47.5 Å². The number of nitrogens with zero attached hydrogens (tertiary/aromatic N) is 1. The number of rotatable bonds is 8. The fourth-order valence-corrected chi connectivity index (χ4v) is 1.78. The van der Waals surface area contributed by atoms with Crippen LogP contribution in [-0.2, 0) is 19.1 Å². The molecular weight excluding hydrogens is 272 g/mol. The van der Waals surface area contributed by atoms with Crippen LogP contribution < -0.4 is 5.32 Å². The van der Waals surface area contributed by atoms with Gasteiger partial charge in [0.15, 0.2) is 0 Å². The van der Waals surface area contributed by atoms with Crippen LogP contribution in [0.3, 0.4) is 0 Å². The number of hydrogen-bond acceptors (Lipinski definition) is 4. The van der Waals surface area contributed by atoms with E-state index < -0.39 is 5.41 Å². The predicted octanol–water partition coefficient (Wildman–Crippen LogP) is 1.34. The fourth-order valence-electron chi connectivity index (χ4n) is 1.78. The Balaban J connectivity index is 4.44. The van der Waals surface area contributed by atoms with Gasteiger partial charge in [0, 0.05) is 32.0 Å². The molecule has 0 aliphatic heterocycles. The average molecular weight is 300 g/mol. The Labute approximate surface area is 127 Å². The topological polar surface area (TPSA) is 75.7 Å². The maximum atomic E-state index is 12.3. The quantitative estimate of drug-likeness (QED) is 0.542. The van der Waals surface area contributed by atoms with Crippen LogP contribution in [0.25, 0.3) is 0 Å². The van der Waals surface area contributed by atoms with Crippen LogP contribution in [0.15, 0.2) is 0 Å². The number of hydrogen-bond donors (Lipinski definition) is 1. The smallest absolute Gasteiger partial charge is 0.307 e. The van der Waals surface area contributed by atoms with Gasteiger partial charge in [0.2, 0.25) is 11.8 Å². The largest absolute Gasteiger partial charge is 0.466 e. The van der Waals surface area contributed by atoms with Crippen molar-refractivity contribution in [3.63, 3.8) is 0 Å². The Morgan fingerprint density at radius 3 is 2.24 bits per heavy atom. The average Bonchev–Trinajstić information content (AvgIpc) is 2.36. The number of esters is 1. The molecule has 0 aliphatic rings. The molecule has 0 saturated carbocycles. The van der Waals surface area contributed by atoms with Gasteiger partial charge < -0.3 is 15.0 Å². The molecule has 0 saturated heterocycles. The minimum absolute atomic E-state index is 0.00498. The third-order valence-corrected chi connectivity index (χ3v) is 2.80. The Morgan fingerprint density at radius 1 is 1.14 bits per heavy atom. The van der Waals surface area contributed by atoms with Gasteiger partial charge in [-0.05, 0) is 13.3 Å². The van der Waals surface area contributed by atoms with Gasteiger partial charge in [-0.2, -0.15) is 0 Å². The first-order valence-corrected chi connectivity index (χ1v) is 7.38. The van der Waals surface area contributed by atoms with Gasteiger partial charge >= 0.3 is 5.97 Å². The fraction of sp³-hybridized carbons (Fsp3) is 0.800. The number of amides is 2. The second-order valence-electron chi connectivity index (χ2n) is 5.93. The summed E-state index contributed by atoms with van der Waals surface area (Å²) in [6.45, 7) is 10.5. The predicted molar refractivity (Wildman–Crippen MR) is 80.6 cm³/mol. The van der Waals surface area contributed by atoms with Crippen molar-refractivity contribution in [2.24, 2.45) is 5.41 Å². The van der Waals surface area contributed by atoms with Gasteiger partial charge in [0.1, 0.15) is 0 Å². The van der Waals surface area contributed by atoms with E-state index in [2.05, 4.69) is 5.32 Å². The second-order valence-corrected chi connectivity index (χ2v) is 5.93. The molecule has 122 valence electrons. The standard InChI is InChI=1S/C15H28N2O4/c1-6-21-13(19)8-11-17(14(20)15(3,4)5)10-7-9-16-12(2)18/h6-11H2,1-5H3,(H,16,18). The van der Waals surface area contributed by atoms with Crippen LogP contribution in [0.2, 0.25) is 0 Å². The van der Waals surface area contributed by atoms with E-state index in [-0.39, 0.29) is 24.2 Å². The van der Waals surface area contributed by atoms with Crippen LogP contribution in [-0.4, -0.2) is 48.9 Å². The summed E-state index contributed by atoms with van der Waals surface area (Å²) in [5.74, 6) is -0.393. The molecule has 0 bridgehead atoms. The first-order chi connectivity index (χ1) is 9.68. The molecule has 0 aromatic rings. The van der Waals surface area contributed by atoms with Crippen molar-refractivity contribution >= 4 is 17.8 Å². The molecule has 0 aromatic heterocycles. The third-order valence-electron chi connectivity index (χ3n) is 2.80. The maximum Gasteiger partial charge on any atom is 0.307 e. The van der Waals surface area contributed by atoms with Crippen LogP contribution in [0, 0.1) is 5.41 Å². The summed E-state index contributed by atoms with van der Waals surface area (Å²) < 4.78 is 4.88. The third kappa shape index (κ3) is 9.05. The number of nitrogens with one attached hydrogen (secondary N) is 1. The molecule has 6 heteroatoms. The van der Waals surface area contributed by atoms with Gasteiger partial charge in [-0.25, -0.2) is 0 Å². The SMILES string of the molecule is CCOC(=O)CCN(CCCNC(C)=O)C(=O)C(C)(C)C. The van der Waals surface area contributed by atoms with E-state index in [1.807, 2.05) is 20.8 Å². The van der Waals surface area contributed by atoms with Crippen LogP contribution >= 0.6 is 0 Å². The van der Waals surface area contributed by atoms with Crippen molar-refractivity contribution < 1.29 is 19.1 Å². The van der Waals surface area contributed by atoms with Gasteiger partial charge in [-0.1, -0.05) is 20.8 Å². The maximum absolute atomic E-state index is 12.3. The Morgan fingerprint density at radius 2 is 1.76 bits per heavy atom. The lowest BCUT2D eigenvalue weighted by atomic mass is 9.94. The summed E-state index contributed by atoms with van der Waals surface area (Å²) in [5.41, 5.74) is -0.497. The first-order valence-electron chi connectivity index (χ1n) is 7.38. The number of ether oxygens (including phenoxy) is 1. The molecule has 0 unspecified atom stereocenters. The Bertz CT molecular complexity index is 361. The van der Waals surface area contributed by atoms with Crippen molar-refractivity contribution in [1.82, 2.24) is 10.2 Å². The molecule has 21 heavy (non-hydrogen) atoms. The molecule has 2 amide bonds. The lowest BCUT2D eigenvalue weighted by Gasteiger charge is -2.29.